The zero-order valence-corrected chi connectivity index (χ0v) is 15.9. The van der Waals surface area contributed by atoms with Gasteiger partial charge < -0.3 is 29.9 Å². The minimum Gasteiger partial charge on any atom is -0.463 e. The molecule has 0 aliphatic carbocycles. The smallest absolute Gasteiger partial charge is 0.311 e. The highest BCUT2D eigenvalue weighted by Crippen LogP contribution is 2.21. The Morgan fingerprint density at radius 3 is 1.76 bits per heavy atom. The summed E-state index contributed by atoms with van der Waals surface area (Å²) in [7, 11) is 0. The largest absolute Gasteiger partial charge is 0.463 e. The molecule has 0 fully saturated rings. The van der Waals surface area contributed by atoms with E-state index in [1.807, 2.05) is 13.8 Å². The lowest BCUT2D eigenvalue weighted by atomic mass is 9.91. The highest BCUT2D eigenvalue weighted by Gasteiger charge is 2.27. The lowest BCUT2D eigenvalue weighted by Gasteiger charge is -2.21. The van der Waals surface area contributed by atoms with Crippen LogP contribution in [0.1, 0.15) is 47.5 Å². The molecular weight excluding hydrogens is 332 g/mol. The van der Waals surface area contributed by atoms with Crippen molar-refractivity contribution in [2.24, 2.45) is 11.3 Å². The van der Waals surface area contributed by atoms with Gasteiger partial charge >= 0.3 is 11.9 Å². The van der Waals surface area contributed by atoms with Crippen molar-refractivity contribution in [1.82, 2.24) is 0 Å². The molecule has 150 valence electrons. The van der Waals surface area contributed by atoms with Crippen LogP contribution in [0.4, 0.5) is 0 Å². The molecule has 0 aromatic carbocycles. The third-order valence-electron chi connectivity index (χ3n) is 3.70. The second-order valence-corrected chi connectivity index (χ2v) is 6.45. The molecule has 0 spiro atoms. The lowest BCUT2D eigenvalue weighted by Crippen LogP contribution is -2.30. The Balaban J connectivity index is 0. The van der Waals surface area contributed by atoms with Crippen LogP contribution in [-0.2, 0) is 19.1 Å². The standard InChI is InChI=1S/C9H18O4.C8H16O4/c1-4-9(2,3)8(12)13-6-7(11)5-10;1-3-6(2)8(11)12-5-7(10)4-9/h7,10-11H,4-6H2,1-3H3;6-7,9-10H,3-5H2,1-2H3. The van der Waals surface area contributed by atoms with E-state index in [9.17, 15) is 9.59 Å². The van der Waals surface area contributed by atoms with E-state index in [0.29, 0.717) is 12.8 Å². The molecule has 0 aliphatic heterocycles. The maximum atomic E-state index is 11.3. The minimum absolute atomic E-state index is 0.125. The SMILES string of the molecule is CCC(C)(C)C(=O)OCC(O)CO.CCC(C)C(=O)OCC(O)CO. The van der Waals surface area contributed by atoms with E-state index in [1.54, 1.807) is 20.8 Å². The quantitative estimate of drug-likeness (QED) is 0.404. The molecule has 0 saturated heterocycles. The second-order valence-electron chi connectivity index (χ2n) is 6.45. The Bertz CT molecular complexity index is 370. The summed E-state index contributed by atoms with van der Waals surface area (Å²) in [5.74, 6) is -0.816. The molecule has 8 nitrogen and oxygen atoms in total. The summed E-state index contributed by atoms with van der Waals surface area (Å²) < 4.78 is 9.50. The fourth-order valence-corrected chi connectivity index (χ4v) is 1.10. The van der Waals surface area contributed by atoms with E-state index in [4.69, 9.17) is 29.9 Å². The van der Waals surface area contributed by atoms with Gasteiger partial charge in [-0.25, -0.2) is 0 Å². The van der Waals surface area contributed by atoms with Crippen molar-refractivity contribution in [3.05, 3.63) is 0 Å². The maximum absolute atomic E-state index is 11.3. The van der Waals surface area contributed by atoms with Crippen molar-refractivity contribution in [2.75, 3.05) is 26.4 Å². The summed E-state index contributed by atoms with van der Waals surface area (Å²) in [6.45, 7) is 8.05. The summed E-state index contributed by atoms with van der Waals surface area (Å²) in [5, 5.41) is 34.6. The van der Waals surface area contributed by atoms with Crippen molar-refractivity contribution < 1.29 is 39.5 Å². The van der Waals surface area contributed by atoms with Gasteiger partial charge in [0.05, 0.1) is 24.5 Å². The molecule has 3 atom stereocenters. The number of hydrogen-bond acceptors (Lipinski definition) is 8. The maximum Gasteiger partial charge on any atom is 0.311 e. The number of ether oxygens (including phenoxy) is 2. The molecule has 4 N–H and O–H groups in total. The molecule has 0 aromatic heterocycles. The lowest BCUT2D eigenvalue weighted by molar-refractivity contribution is -0.157. The van der Waals surface area contributed by atoms with Crippen molar-refractivity contribution in [3.63, 3.8) is 0 Å². The van der Waals surface area contributed by atoms with Crippen LogP contribution in [0.15, 0.2) is 0 Å². The van der Waals surface area contributed by atoms with Gasteiger partial charge in [-0.05, 0) is 26.7 Å². The first-order valence-corrected chi connectivity index (χ1v) is 8.47. The Morgan fingerprint density at radius 2 is 1.40 bits per heavy atom. The zero-order chi connectivity index (χ0) is 20.0. The fraction of sp³-hybridized carbons (Fsp3) is 0.882. The Kier molecular flexibility index (Phi) is 14.6. The number of esters is 2. The van der Waals surface area contributed by atoms with E-state index < -0.39 is 17.6 Å². The highest BCUT2D eigenvalue weighted by atomic mass is 16.5. The molecule has 0 saturated carbocycles. The first-order valence-electron chi connectivity index (χ1n) is 8.47. The van der Waals surface area contributed by atoms with Gasteiger partial charge in [-0.15, -0.1) is 0 Å². The topological polar surface area (TPSA) is 134 Å². The molecule has 0 rings (SSSR count). The van der Waals surface area contributed by atoms with Crippen molar-refractivity contribution in [2.45, 2.75) is 59.7 Å². The number of aliphatic hydroxyl groups excluding tert-OH is 4. The monoisotopic (exact) mass is 366 g/mol. The van der Waals surface area contributed by atoms with E-state index in [-0.39, 0.29) is 44.3 Å². The van der Waals surface area contributed by atoms with E-state index in [1.165, 1.54) is 0 Å². The number of rotatable bonds is 10. The molecule has 0 radical (unpaired) electrons. The predicted molar refractivity (Wildman–Crippen MR) is 91.6 cm³/mol. The summed E-state index contributed by atoms with van der Waals surface area (Å²) in [6.07, 6.45) is -0.538. The highest BCUT2D eigenvalue weighted by molar-refractivity contribution is 5.75. The van der Waals surface area contributed by atoms with Gasteiger partial charge in [0.25, 0.3) is 0 Å². The molecule has 8 heteroatoms. The summed E-state index contributed by atoms with van der Waals surface area (Å²) in [4.78, 5) is 22.3. The molecule has 3 unspecified atom stereocenters. The van der Waals surface area contributed by atoms with Gasteiger partial charge in [0.1, 0.15) is 25.4 Å². The molecule has 0 aromatic rings. The summed E-state index contributed by atoms with van der Waals surface area (Å²) in [6, 6.07) is 0. The average molecular weight is 366 g/mol. The fourth-order valence-electron chi connectivity index (χ4n) is 1.10. The van der Waals surface area contributed by atoms with Gasteiger partial charge in [-0.1, -0.05) is 20.8 Å². The van der Waals surface area contributed by atoms with Crippen molar-refractivity contribution in [1.29, 1.82) is 0 Å². The van der Waals surface area contributed by atoms with Crippen molar-refractivity contribution >= 4 is 11.9 Å². The first kappa shape index (κ1) is 26.0. The number of aliphatic hydroxyl groups is 4. The molecule has 25 heavy (non-hydrogen) atoms. The molecule has 0 amide bonds. The van der Waals surface area contributed by atoms with Crippen LogP contribution in [0.25, 0.3) is 0 Å². The predicted octanol–water partition coefficient (Wildman–Crippen LogP) is 0.248. The normalized spacial score (nSPS) is 14.6. The van der Waals surface area contributed by atoms with Crippen LogP contribution in [0.2, 0.25) is 0 Å². The van der Waals surface area contributed by atoms with Crippen LogP contribution < -0.4 is 0 Å². The zero-order valence-electron chi connectivity index (χ0n) is 15.9. The molecule has 0 bridgehead atoms. The molecule has 0 heterocycles. The van der Waals surface area contributed by atoms with Crippen molar-refractivity contribution in [3.8, 4) is 0 Å². The number of carbonyl (C=O) groups excluding carboxylic acids is 2. The van der Waals surface area contributed by atoms with Crippen LogP contribution in [0.3, 0.4) is 0 Å². The summed E-state index contributed by atoms with van der Waals surface area (Å²) >= 11 is 0. The van der Waals surface area contributed by atoms with Gasteiger partial charge in [-0.2, -0.15) is 0 Å². The van der Waals surface area contributed by atoms with Gasteiger partial charge in [-0.3, -0.25) is 9.59 Å². The molecular formula is C17H34O8. The third kappa shape index (κ3) is 12.7. The summed E-state index contributed by atoms with van der Waals surface area (Å²) in [5.41, 5.74) is -0.519. The van der Waals surface area contributed by atoms with E-state index >= 15 is 0 Å². The minimum atomic E-state index is -0.975. The van der Waals surface area contributed by atoms with Gasteiger partial charge in [0, 0.05) is 0 Å². The Morgan fingerprint density at radius 1 is 0.960 bits per heavy atom. The Hall–Kier alpha value is -1.22. The van der Waals surface area contributed by atoms with Crippen LogP contribution in [0.5, 0.6) is 0 Å². The third-order valence-corrected chi connectivity index (χ3v) is 3.70. The van der Waals surface area contributed by atoms with E-state index in [2.05, 4.69) is 0 Å². The van der Waals surface area contributed by atoms with Crippen LogP contribution in [-0.4, -0.2) is 71.0 Å². The van der Waals surface area contributed by atoms with Gasteiger partial charge in [0.15, 0.2) is 0 Å². The van der Waals surface area contributed by atoms with Gasteiger partial charge in [0.2, 0.25) is 0 Å². The second kappa shape index (κ2) is 14.0. The first-order chi connectivity index (χ1) is 11.5. The number of carbonyl (C=O) groups is 2. The number of hydrogen-bond donors (Lipinski definition) is 4. The van der Waals surface area contributed by atoms with Crippen LogP contribution in [0, 0.1) is 11.3 Å². The average Bonchev–Trinajstić information content (AvgIpc) is 2.62. The Labute approximate surface area is 149 Å². The molecule has 0 aliphatic rings. The van der Waals surface area contributed by atoms with E-state index in [0.717, 1.165) is 0 Å². The van der Waals surface area contributed by atoms with Crippen LogP contribution >= 0.6 is 0 Å².